The highest BCUT2D eigenvalue weighted by molar-refractivity contribution is 8.00. The lowest BCUT2D eigenvalue weighted by atomic mass is 9.97. The molecule has 4 heteroatoms. The maximum absolute atomic E-state index is 9.59. The molecule has 3 nitrogen and oxygen atoms in total. The molecule has 1 aliphatic rings. The highest BCUT2D eigenvalue weighted by Gasteiger charge is 2.23. The van der Waals surface area contributed by atoms with Gasteiger partial charge in [0.15, 0.2) is 0 Å². The molecule has 0 amide bonds. The molecule has 1 rings (SSSR count). The number of aliphatic hydroxyl groups is 3. The van der Waals surface area contributed by atoms with E-state index in [1.165, 1.54) is 6.42 Å². The normalized spacial score (nSPS) is 31.6. The smallest absolute Gasteiger partial charge is 0.0861 e. The van der Waals surface area contributed by atoms with E-state index in [1.807, 2.05) is 0 Å². The van der Waals surface area contributed by atoms with Gasteiger partial charge in [0.05, 0.1) is 18.8 Å². The Kier molecular flexibility index (Phi) is 5.09. The highest BCUT2D eigenvalue weighted by atomic mass is 32.2. The molecule has 1 unspecified atom stereocenters. The summed E-state index contributed by atoms with van der Waals surface area (Å²) >= 11 is 1.58. The zero-order valence-corrected chi connectivity index (χ0v) is 8.54. The second-order valence-corrected chi connectivity index (χ2v) is 4.83. The Labute approximate surface area is 83.2 Å². The molecule has 3 N–H and O–H groups in total. The summed E-state index contributed by atoms with van der Waals surface area (Å²) < 4.78 is 0. The van der Waals surface area contributed by atoms with Crippen LogP contribution in [0.4, 0.5) is 0 Å². The van der Waals surface area contributed by atoms with E-state index in [9.17, 15) is 5.11 Å². The van der Waals surface area contributed by atoms with Crippen molar-refractivity contribution in [2.45, 2.75) is 43.1 Å². The Morgan fingerprint density at radius 2 is 2.00 bits per heavy atom. The monoisotopic (exact) mass is 206 g/mol. The van der Waals surface area contributed by atoms with E-state index in [-0.39, 0.29) is 18.0 Å². The lowest BCUT2D eigenvalue weighted by Crippen LogP contribution is -2.29. The second kappa shape index (κ2) is 5.86. The van der Waals surface area contributed by atoms with Gasteiger partial charge in [-0.15, -0.1) is 0 Å². The van der Waals surface area contributed by atoms with Crippen molar-refractivity contribution < 1.29 is 15.3 Å². The lowest BCUT2D eigenvalue weighted by molar-refractivity contribution is 0.112. The molecule has 1 aliphatic carbocycles. The summed E-state index contributed by atoms with van der Waals surface area (Å²) in [6, 6.07) is 0. The topological polar surface area (TPSA) is 60.7 Å². The largest absolute Gasteiger partial charge is 0.394 e. The molecule has 0 aromatic rings. The van der Waals surface area contributed by atoms with Gasteiger partial charge in [0.25, 0.3) is 0 Å². The molecule has 0 saturated heterocycles. The average molecular weight is 206 g/mol. The number of rotatable bonds is 4. The van der Waals surface area contributed by atoms with Gasteiger partial charge in [-0.3, -0.25) is 0 Å². The maximum Gasteiger partial charge on any atom is 0.0861 e. The van der Waals surface area contributed by atoms with Gasteiger partial charge >= 0.3 is 0 Å². The number of hydrogen-bond donors (Lipinski definition) is 3. The van der Waals surface area contributed by atoms with Crippen molar-refractivity contribution in [3.05, 3.63) is 0 Å². The lowest BCUT2D eigenvalue weighted by Gasteiger charge is -2.27. The quantitative estimate of drug-likeness (QED) is 0.622. The summed E-state index contributed by atoms with van der Waals surface area (Å²) in [5, 5.41) is 27.6. The number of hydrogen-bond acceptors (Lipinski definition) is 4. The molecule has 0 aromatic carbocycles. The van der Waals surface area contributed by atoms with Crippen LogP contribution in [0.15, 0.2) is 0 Å². The third-order valence-electron chi connectivity index (χ3n) is 2.38. The zero-order chi connectivity index (χ0) is 9.68. The van der Waals surface area contributed by atoms with Gasteiger partial charge in [0.2, 0.25) is 0 Å². The van der Waals surface area contributed by atoms with Crippen molar-refractivity contribution in [3.8, 4) is 0 Å². The van der Waals surface area contributed by atoms with E-state index in [0.29, 0.717) is 5.75 Å². The molecule has 78 valence electrons. The van der Waals surface area contributed by atoms with Crippen LogP contribution < -0.4 is 0 Å². The average Bonchev–Trinajstić information content (AvgIpc) is 2.16. The second-order valence-electron chi connectivity index (χ2n) is 3.56. The van der Waals surface area contributed by atoms with Crippen molar-refractivity contribution in [2.24, 2.45) is 0 Å². The predicted octanol–water partition coefficient (Wildman–Crippen LogP) is 0.376. The molecule has 0 heterocycles. The van der Waals surface area contributed by atoms with E-state index < -0.39 is 6.10 Å². The summed E-state index contributed by atoms with van der Waals surface area (Å²) in [6.07, 6.45) is 3.34. The van der Waals surface area contributed by atoms with E-state index in [4.69, 9.17) is 10.2 Å². The predicted molar refractivity (Wildman–Crippen MR) is 53.8 cm³/mol. The molecule has 0 bridgehead atoms. The minimum Gasteiger partial charge on any atom is -0.394 e. The van der Waals surface area contributed by atoms with Crippen LogP contribution >= 0.6 is 11.8 Å². The minimum absolute atomic E-state index is 0.185. The van der Waals surface area contributed by atoms with Crippen molar-refractivity contribution >= 4 is 11.8 Å². The van der Waals surface area contributed by atoms with Crippen LogP contribution in [0.5, 0.6) is 0 Å². The van der Waals surface area contributed by atoms with Crippen LogP contribution in [-0.4, -0.2) is 45.1 Å². The fourth-order valence-electron chi connectivity index (χ4n) is 1.56. The Hall–Kier alpha value is 0.230. The SMILES string of the molecule is OCC(O)CS[C@@H]1CCCC[C@H]1O. The van der Waals surface area contributed by atoms with Crippen LogP contribution in [0.1, 0.15) is 25.7 Å². The van der Waals surface area contributed by atoms with E-state index in [2.05, 4.69) is 0 Å². The van der Waals surface area contributed by atoms with Crippen molar-refractivity contribution in [1.82, 2.24) is 0 Å². The zero-order valence-electron chi connectivity index (χ0n) is 7.72. The van der Waals surface area contributed by atoms with Gasteiger partial charge in [-0.05, 0) is 12.8 Å². The van der Waals surface area contributed by atoms with Gasteiger partial charge in [-0.25, -0.2) is 0 Å². The molecular weight excluding hydrogens is 188 g/mol. The third-order valence-corrected chi connectivity index (χ3v) is 3.94. The summed E-state index contributed by atoms with van der Waals surface area (Å²) in [6.45, 7) is -0.185. The molecule has 0 radical (unpaired) electrons. The van der Waals surface area contributed by atoms with Crippen molar-refractivity contribution in [3.63, 3.8) is 0 Å². The molecule has 0 aliphatic heterocycles. The first-order chi connectivity index (χ1) is 6.24. The van der Waals surface area contributed by atoms with E-state index in [0.717, 1.165) is 19.3 Å². The van der Waals surface area contributed by atoms with Crippen LogP contribution in [0.25, 0.3) is 0 Å². The van der Waals surface area contributed by atoms with Crippen molar-refractivity contribution in [1.29, 1.82) is 0 Å². The summed E-state index contributed by atoms with van der Waals surface area (Å²) in [7, 11) is 0. The van der Waals surface area contributed by atoms with Crippen LogP contribution in [0, 0.1) is 0 Å². The molecule has 0 spiro atoms. The molecule has 1 fully saturated rings. The van der Waals surface area contributed by atoms with Crippen molar-refractivity contribution in [2.75, 3.05) is 12.4 Å². The van der Waals surface area contributed by atoms with Gasteiger partial charge in [0, 0.05) is 11.0 Å². The van der Waals surface area contributed by atoms with Gasteiger partial charge in [-0.1, -0.05) is 12.8 Å². The van der Waals surface area contributed by atoms with Gasteiger partial charge in [0.1, 0.15) is 0 Å². The molecule has 3 atom stereocenters. The highest BCUT2D eigenvalue weighted by Crippen LogP contribution is 2.28. The first-order valence-electron chi connectivity index (χ1n) is 4.82. The Morgan fingerprint density at radius 1 is 1.31 bits per heavy atom. The van der Waals surface area contributed by atoms with Crippen LogP contribution in [0.2, 0.25) is 0 Å². The molecule has 13 heavy (non-hydrogen) atoms. The molecular formula is C9H18O3S. The first-order valence-corrected chi connectivity index (χ1v) is 5.87. The Morgan fingerprint density at radius 3 is 2.62 bits per heavy atom. The van der Waals surface area contributed by atoms with E-state index in [1.54, 1.807) is 11.8 Å². The third kappa shape index (κ3) is 3.85. The van der Waals surface area contributed by atoms with E-state index >= 15 is 0 Å². The molecule has 0 aromatic heterocycles. The Bertz CT molecular complexity index is 143. The standard InChI is InChI=1S/C9H18O3S/c10-5-7(11)6-13-9-4-2-1-3-8(9)12/h7-12H,1-6H2/t7?,8-,9-/m1/s1. The molecule has 1 saturated carbocycles. The van der Waals surface area contributed by atoms with Crippen LogP contribution in [0.3, 0.4) is 0 Å². The maximum atomic E-state index is 9.59. The summed E-state index contributed by atoms with van der Waals surface area (Å²) in [4.78, 5) is 0. The fourth-order valence-corrected chi connectivity index (χ4v) is 2.83. The number of aliphatic hydroxyl groups excluding tert-OH is 3. The van der Waals surface area contributed by atoms with Crippen LogP contribution in [-0.2, 0) is 0 Å². The summed E-state index contributed by atoms with van der Waals surface area (Å²) in [5.74, 6) is 0.526. The van der Waals surface area contributed by atoms with Gasteiger partial charge < -0.3 is 15.3 Å². The minimum atomic E-state index is -0.640. The Balaban J connectivity index is 2.18. The first kappa shape index (κ1) is 11.3. The van der Waals surface area contributed by atoms with Gasteiger partial charge in [-0.2, -0.15) is 11.8 Å². The summed E-state index contributed by atoms with van der Waals surface area (Å²) in [5.41, 5.74) is 0. The number of thioether (sulfide) groups is 1. The fraction of sp³-hybridized carbons (Fsp3) is 1.00.